The van der Waals surface area contributed by atoms with Gasteiger partial charge in [-0.05, 0) is 5.92 Å². The van der Waals surface area contributed by atoms with Gasteiger partial charge in [-0.3, -0.25) is 4.79 Å². The van der Waals surface area contributed by atoms with E-state index in [9.17, 15) is 4.79 Å². The lowest BCUT2D eigenvalue weighted by Crippen LogP contribution is -2.24. The molecular formula is C12H21N5O. The summed E-state index contributed by atoms with van der Waals surface area (Å²) in [5.74, 6) is 1.51. The first-order chi connectivity index (χ1) is 8.43. The Morgan fingerprint density at radius 1 is 1.44 bits per heavy atom. The highest BCUT2D eigenvalue weighted by Crippen LogP contribution is 2.25. The fourth-order valence-electron chi connectivity index (χ4n) is 1.63. The van der Waals surface area contributed by atoms with Gasteiger partial charge < -0.3 is 16.0 Å². The molecule has 0 atom stereocenters. The number of aromatic nitrogens is 2. The van der Waals surface area contributed by atoms with Crippen molar-refractivity contribution < 1.29 is 4.79 Å². The van der Waals surface area contributed by atoms with Gasteiger partial charge in [-0.2, -0.15) is 0 Å². The van der Waals surface area contributed by atoms with Crippen LogP contribution in [-0.2, 0) is 4.79 Å². The third kappa shape index (κ3) is 3.58. The van der Waals surface area contributed by atoms with Crippen molar-refractivity contribution in [1.29, 1.82) is 0 Å². The van der Waals surface area contributed by atoms with Crippen LogP contribution in [0.3, 0.4) is 0 Å². The number of hydrogen-bond donors (Lipinski definition) is 2. The fourth-order valence-corrected chi connectivity index (χ4v) is 1.63. The zero-order valence-corrected chi connectivity index (χ0v) is 11.4. The van der Waals surface area contributed by atoms with E-state index >= 15 is 0 Å². The first-order valence-electron chi connectivity index (χ1n) is 5.97. The minimum Gasteiger partial charge on any atom is -0.383 e. The van der Waals surface area contributed by atoms with Crippen LogP contribution in [0.15, 0.2) is 6.33 Å². The third-order valence-electron chi connectivity index (χ3n) is 2.62. The second-order valence-electron chi connectivity index (χ2n) is 4.64. The Labute approximate surface area is 108 Å². The van der Waals surface area contributed by atoms with Gasteiger partial charge >= 0.3 is 0 Å². The average molecular weight is 251 g/mol. The van der Waals surface area contributed by atoms with Crippen molar-refractivity contribution in [2.24, 2.45) is 0 Å². The molecule has 0 fully saturated rings. The van der Waals surface area contributed by atoms with E-state index in [1.165, 1.54) is 6.33 Å². The van der Waals surface area contributed by atoms with E-state index in [0.29, 0.717) is 24.6 Å². The molecule has 0 aliphatic heterocycles. The number of carbonyl (C=O) groups is 1. The maximum atomic E-state index is 11.4. The van der Waals surface area contributed by atoms with Crippen LogP contribution in [0.25, 0.3) is 0 Å². The van der Waals surface area contributed by atoms with Crippen molar-refractivity contribution in [3.63, 3.8) is 0 Å². The number of nitrogens with two attached hydrogens (primary N) is 1. The SMILES string of the molecule is CC(C)c1c(N)ncnc1NCCC(=O)N(C)C. The van der Waals surface area contributed by atoms with Crippen LogP contribution in [-0.4, -0.2) is 41.4 Å². The summed E-state index contributed by atoms with van der Waals surface area (Å²) in [6.45, 7) is 4.60. The largest absolute Gasteiger partial charge is 0.383 e. The number of anilines is 2. The Morgan fingerprint density at radius 3 is 2.67 bits per heavy atom. The van der Waals surface area contributed by atoms with Crippen LogP contribution < -0.4 is 11.1 Å². The second-order valence-corrected chi connectivity index (χ2v) is 4.64. The quantitative estimate of drug-likeness (QED) is 0.818. The van der Waals surface area contributed by atoms with Gasteiger partial charge in [-0.15, -0.1) is 0 Å². The van der Waals surface area contributed by atoms with Crippen molar-refractivity contribution in [2.45, 2.75) is 26.2 Å². The van der Waals surface area contributed by atoms with Gasteiger partial charge in [-0.25, -0.2) is 9.97 Å². The Balaban J connectivity index is 2.68. The second kappa shape index (κ2) is 6.18. The predicted molar refractivity (Wildman–Crippen MR) is 72.3 cm³/mol. The van der Waals surface area contributed by atoms with Crippen LogP contribution in [0.1, 0.15) is 31.7 Å². The first-order valence-corrected chi connectivity index (χ1v) is 5.97. The number of amides is 1. The number of nitrogens with zero attached hydrogens (tertiary/aromatic N) is 3. The molecule has 0 bridgehead atoms. The molecule has 1 heterocycles. The van der Waals surface area contributed by atoms with Gasteiger partial charge in [0.05, 0.1) is 0 Å². The van der Waals surface area contributed by atoms with E-state index in [0.717, 1.165) is 5.56 Å². The summed E-state index contributed by atoms with van der Waals surface area (Å²) in [5, 5.41) is 3.14. The molecule has 100 valence electrons. The Hall–Kier alpha value is -1.85. The van der Waals surface area contributed by atoms with Crippen molar-refractivity contribution in [1.82, 2.24) is 14.9 Å². The highest BCUT2D eigenvalue weighted by Gasteiger charge is 2.13. The molecule has 1 amide bonds. The molecule has 0 saturated heterocycles. The molecule has 0 aliphatic rings. The molecule has 0 aromatic carbocycles. The first kappa shape index (κ1) is 14.2. The zero-order valence-electron chi connectivity index (χ0n) is 11.4. The molecule has 0 spiro atoms. The Kier molecular flexibility index (Phi) is 4.88. The third-order valence-corrected chi connectivity index (χ3v) is 2.62. The van der Waals surface area contributed by atoms with Gasteiger partial charge in [-0.1, -0.05) is 13.8 Å². The normalized spacial score (nSPS) is 10.5. The average Bonchev–Trinajstić information content (AvgIpc) is 2.28. The van der Waals surface area contributed by atoms with Crippen LogP contribution in [0.5, 0.6) is 0 Å². The monoisotopic (exact) mass is 251 g/mol. The minimum absolute atomic E-state index is 0.0793. The number of carbonyl (C=O) groups excluding carboxylic acids is 1. The van der Waals surface area contributed by atoms with Gasteiger partial charge in [0.2, 0.25) is 5.91 Å². The standard InChI is InChI=1S/C12H21N5O/c1-8(2)10-11(13)15-7-16-12(10)14-6-5-9(18)17(3)4/h7-8H,5-6H2,1-4H3,(H3,13,14,15,16). The summed E-state index contributed by atoms with van der Waals surface area (Å²) in [5.41, 5.74) is 6.73. The molecule has 1 aromatic heterocycles. The van der Waals surface area contributed by atoms with Gasteiger partial charge in [0.1, 0.15) is 18.0 Å². The molecule has 0 radical (unpaired) electrons. The van der Waals surface area contributed by atoms with Crippen LogP contribution in [0.4, 0.5) is 11.6 Å². The molecule has 0 saturated carbocycles. The van der Waals surface area contributed by atoms with Crippen molar-refractivity contribution in [2.75, 3.05) is 31.7 Å². The fraction of sp³-hybridized carbons (Fsp3) is 0.583. The molecule has 0 aliphatic carbocycles. The topological polar surface area (TPSA) is 84.1 Å². The number of hydrogen-bond acceptors (Lipinski definition) is 5. The Bertz CT molecular complexity index is 417. The van der Waals surface area contributed by atoms with Crippen molar-refractivity contribution in [3.8, 4) is 0 Å². The number of nitrogen functional groups attached to an aromatic ring is 1. The highest BCUT2D eigenvalue weighted by atomic mass is 16.2. The van der Waals surface area contributed by atoms with E-state index in [4.69, 9.17) is 5.73 Å². The van der Waals surface area contributed by atoms with Crippen molar-refractivity contribution in [3.05, 3.63) is 11.9 Å². The smallest absolute Gasteiger partial charge is 0.223 e. The molecule has 1 aromatic rings. The van der Waals surface area contributed by atoms with Gasteiger partial charge in [0, 0.05) is 32.6 Å². The van der Waals surface area contributed by atoms with Gasteiger partial charge in [0.15, 0.2) is 0 Å². The predicted octanol–water partition coefficient (Wildman–Crippen LogP) is 1.07. The summed E-state index contributed by atoms with van der Waals surface area (Å²) in [7, 11) is 3.48. The molecule has 0 unspecified atom stereocenters. The zero-order chi connectivity index (χ0) is 13.7. The van der Waals surface area contributed by atoms with E-state index in [-0.39, 0.29) is 11.8 Å². The lowest BCUT2D eigenvalue weighted by molar-refractivity contribution is -0.128. The van der Waals surface area contributed by atoms with Gasteiger partial charge in [0.25, 0.3) is 0 Å². The Morgan fingerprint density at radius 2 is 2.11 bits per heavy atom. The summed E-state index contributed by atoms with van der Waals surface area (Å²) >= 11 is 0. The molecule has 1 rings (SSSR count). The van der Waals surface area contributed by atoms with Crippen LogP contribution in [0, 0.1) is 0 Å². The molecular weight excluding hydrogens is 230 g/mol. The van der Waals surface area contributed by atoms with Crippen LogP contribution >= 0.6 is 0 Å². The lowest BCUT2D eigenvalue weighted by atomic mass is 10.0. The number of nitrogens with one attached hydrogen (secondary N) is 1. The van der Waals surface area contributed by atoms with E-state index < -0.39 is 0 Å². The maximum Gasteiger partial charge on any atom is 0.223 e. The van der Waals surface area contributed by atoms with E-state index in [1.54, 1.807) is 19.0 Å². The summed E-state index contributed by atoms with van der Waals surface area (Å²) in [4.78, 5) is 21.2. The van der Waals surface area contributed by atoms with E-state index in [2.05, 4.69) is 15.3 Å². The summed E-state index contributed by atoms with van der Waals surface area (Å²) in [6, 6.07) is 0. The minimum atomic E-state index is 0.0793. The van der Waals surface area contributed by atoms with E-state index in [1.807, 2.05) is 13.8 Å². The summed E-state index contributed by atoms with van der Waals surface area (Å²) < 4.78 is 0. The highest BCUT2D eigenvalue weighted by molar-refractivity contribution is 5.76. The number of rotatable bonds is 5. The summed E-state index contributed by atoms with van der Waals surface area (Å²) in [6.07, 6.45) is 1.85. The van der Waals surface area contributed by atoms with Crippen LogP contribution in [0.2, 0.25) is 0 Å². The molecule has 6 heteroatoms. The molecule has 18 heavy (non-hydrogen) atoms. The molecule has 3 N–H and O–H groups in total. The lowest BCUT2D eigenvalue weighted by Gasteiger charge is -2.15. The maximum absolute atomic E-state index is 11.4. The molecule has 6 nitrogen and oxygen atoms in total. The van der Waals surface area contributed by atoms with Crippen molar-refractivity contribution >= 4 is 17.5 Å².